The molecule has 0 unspecified atom stereocenters. The zero-order valence-corrected chi connectivity index (χ0v) is 12.0. The molecule has 0 saturated carbocycles. The zero-order valence-electron chi connectivity index (χ0n) is 11.2. The van der Waals surface area contributed by atoms with E-state index >= 15 is 0 Å². The van der Waals surface area contributed by atoms with Crippen molar-refractivity contribution in [3.05, 3.63) is 18.1 Å². The number of thioether (sulfide) groups is 1. The van der Waals surface area contributed by atoms with Gasteiger partial charge in [-0.15, -0.1) is 10.2 Å². The summed E-state index contributed by atoms with van der Waals surface area (Å²) in [5.41, 5.74) is 0.769. The van der Waals surface area contributed by atoms with Gasteiger partial charge in [0.05, 0.1) is 17.1 Å². The fraction of sp³-hybridized carbons (Fsp3) is 0.417. The van der Waals surface area contributed by atoms with Crippen LogP contribution in [-0.2, 0) is 4.79 Å². The van der Waals surface area contributed by atoms with Crippen molar-refractivity contribution in [1.82, 2.24) is 15.1 Å². The molecule has 0 aromatic carbocycles. The molecule has 2 aromatic heterocycles. The monoisotopic (exact) mass is 281 g/mol. The predicted octanol–water partition coefficient (Wildman–Crippen LogP) is 2.21. The maximum Gasteiger partial charge on any atom is 0.277 e. The molecule has 6 nitrogen and oxygen atoms in total. The maximum atomic E-state index is 11.7. The molecule has 1 amide bonds. The van der Waals surface area contributed by atoms with Gasteiger partial charge in [0.2, 0.25) is 5.91 Å². The molecule has 0 bridgehead atoms. The maximum absolute atomic E-state index is 11.7. The number of rotatable bonds is 4. The number of hydrogen-bond donors (Lipinski definition) is 0. The molecule has 0 radical (unpaired) electrons. The summed E-state index contributed by atoms with van der Waals surface area (Å²) in [6, 6.07) is 1.77. The second-order valence-corrected chi connectivity index (χ2v) is 5.55. The predicted molar refractivity (Wildman–Crippen MR) is 70.8 cm³/mol. The first-order chi connectivity index (χ1) is 8.99. The molecule has 2 aromatic rings. The zero-order chi connectivity index (χ0) is 14.0. The van der Waals surface area contributed by atoms with Gasteiger partial charge in [-0.2, -0.15) is 0 Å². The van der Waals surface area contributed by atoms with Gasteiger partial charge in [0.1, 0.15) is 5.76 Å². The Kier molecular flexibility index (Phi) is 3.94. The Morgan fingerprint density at radius 3 is 2.74 bits per heavy atom. The molecule has 0 aliphatic carbocycles. The van der Waals surface area contributed by atoms with Gasteiger partial charge in [-0.05, 0) is 19.9 Å². The van der Waals surface area contributed by atoms with E-state index in [1.165, 1.54) is 16.7 Å². The topological polar surface area (TPSA) is 72.4 Å². The molecule has 0 spiro atoms. The SMILES string of the molecule is Cc1occc1-c1nnc(S[C@H](C)C(=O)N(C)C)o1. The first kappa shape index (κ1) is 13.7. The lowest BCUT2D eigenvalue weighted by molar-refractivity contribution is -0.127. The number of amides is 1. The summed E-state index contributed by atoms with van der Waals surface area (Å²) in [5, 5.41) is 7.99. The van der Waals surface area contributed by atoms with Crippen molar-refractivity contribution in [2.24, 2.45) is 0 Å². The quantitative estimate of drug-likeness (QED) is 0.800. The highest BCUT2D eigenvalue weighted by Crippen LogP contribution is 2.28. The van der Waals surface area contributed by atoms with Crippen LogP contribution >= 0.6 is 11.8 Å². The summed E-state index contributed by atoms with van der Waals surface area (Å²) >= 11 is 1.24. The van der Waals surface area contributed by atoms with E-state index in [-0.39, 0.29) is 11.2 Å². The minimum atomic E-state index is -0.270. The van der Waals surface area contributed by atoms with E-state index in [4.69, 9.17) is 8.83 Å². The molecule has 0 fully saturated rings. The molecule has 1 atom stereocenters. The molecular formula is C12H15N3O3S. The van der Waals surface area contributed by atoms with Crippen LogP contribution in [-0.4, -0.2) is 40.3 Å². The van der Waals surface area contributed by atoms with Crippen LogP contribution in [0, 0.1) is 6.92 Å². The second-order valence-electron chi connectivity index (χ2n) is 4.26. The molecule has 102 valence electrons. The first-order valence-corrected chi connectivity index (χ1v) is 6.62. The van der Waals surface area contributed by atoms with Crippen molar-refractivity contribution in [1.29, 1.82) is 0 Å². The standard InChI is InChI=1S/C12H15N3O3S/c1-7-9(5-6-17-7)10-13-14-12(18-10)19-8(2)11(16)15(3)4/h5-6,8H,1-4H3/t8-/m1/s1. The van der Waals surface area contributed by atoms with E-state index in [0.717, 1.165) is 11.3 Å². The number of carbonyl (C=O) groups excluding carboxylic acids is 1. The fourth-order valence-electron chi connectivity index (χ4n) is 1.54. The van der Waals surface area contributed by atoms with Gasteiger partial charge in [0.25, 0.3) is 11.1 Å². The fourth-order valence-corrected chi connectivity index (χ4v) is 2.37. The second kappa shape index (κ2) is 5.48. The first-order valence-electron chi connectivity index (χ1n) is 5.75. The third kappa shape index (κ3) is 2.98. The van der Waals surface area contributed by atoms with Gasteiger partial charge in [-0.25, -0.2) is 0 Å². The normalized spacial score (nSPS) is 12.4. The Labute approximate surface area is 115 Å². The van der Waals surface area contributed by atoms with Crippen LogP contribution in [0.5, 0.6) is 0 Å². The molecule has 0 aliphatic heterocycles. The minimum Gasteiger partial charge on any atom is -0.469 e. The van der Waals surface area contributed by atoms with E-state index in [9.17, 15) is 4.79 Å². The number of carbonyl (C=O) groups is 1. The molecule has 7 heteroatoms. The van der Waals surface area contributed by atoms with Gasteiger partial charge in [0, 0.05) is 14.1 Å². The van der Waals surface area contributed by atoms with E-state index in [1.807, 2.05) is 6.92 Å². The Bertz CT molecular complexity index is 576. The van der Waals surface area contributed by atoms with Gasteiger partial charge >= 0.3 is 0 Å². The van der Waals surface area contributed by atoms with Crippen LogP contribution in [0.3, 0.4) is 0 Å². The third-order valence-electron chi connectivity index (χ3n) is 2.56. The highest BCUT2D eigenvalue weighted by molar-refractivity contribution is 8.00. The lowest BCUT2D eigenvalue weighted by atomic mass is 10.3. The van der Waals surface area contributed by atoms with Crippen molar-refractivity contribution in [2.45, 2.75) is 24.3 Å². The Hall–Kier alpha value is -1.76. The van der Waals surface area contributed by atoms with Gasteiger partial charge in [-0.3, -0.25) is 4.79 Å². The molecule has 0 N–H and O–H groups in total. The van der Waals surface area contributed by atoms with Gasteiger partial charge < -0.3 is 13.7 Å². The number of nitrogens with zero attached hydrogens (tertiary/aromatic N) is 3. The molecular weight excluding hydrogens is 266 g/mol. The lowest BCUT2D eigenvalue weighted by Gasteiger charge is -2.14. The molecule has 2 rings (SSSR count). The van der Waals surface area contributed by atoms with E-state index in [2.05, 4.69) is 10.2 Å². The van der Waals surface area contributed by atoms with Crippen LogP contribution < -0.4 is 0 Å². The van der Waals surface area contributed by atoms with Crippen LogP contribution in [0.4, 0.5) is 0 Å². The average molecular weight is 281 g/mol. The third-order valence-corrected chi connectivity index (χ3v) is 3.48. The van der Waals surface area contributed by atoms with E-state index in [0.29, 0.717) is 11.1 Å². The molecule has 19 heavy (non-hydrogen) atoms. The Morgan fingerprint density at radius 1 is 1.42 bits per heavy atom. The number of aromatic nitrogens is 2. The highest BCUT2D eigenvalue weighted by atomic mass is 32.2. The van der Waals surface area contributed by atoms with Crippen LogP contribution in [0.2, 0.25) is 0 Å². The van der Waals surface area contributed by atoms with Crippen LogP contribution in [0.25, 0.3) is 11.5 Å². The minimum absolute atomic E-state index is 0.00393. The summed E-state index contributed by atoms with van der Waals surface area (Å²) < 4.78 is 10.7. The van der Waals surface area contributed by atoms with Crippen LogP contribution in [0.1, 0.15) is 12.7 Å². The van der Waals surface area contributed by atoms with Gasteiger partial charge in [-0.1, -0.05) is 11.8 Å². The van der Waals surface area contributed by atoms with Crippen molar-refractivity contribution in [2.75, 3.05) is 14.1 Å². The lowest BCUT2D eigenvalue weighted by Crippen LogP contribution is -2.29. The summed E-state index contributed by atoms with van der Waals surface area (Å²) in [7, 11) is 3.43. The van der Waals surface area contributed by atoms with Crippen molar-refractivity contribution < 1.29 is 13.6 Å². The Morgan fingerprint density at radius 2 is 2.16 bits per heavy atom. The Balaban J connectivity index is 2.10. The average Bonchev–Trinajstić information content (AvgIpc) is 2.96. The van der Waals surface area contributed by atoms with E-state index < -0.39 is 0 Å². The van der Waals surface area contributed by atoms with Crippen molar-refractivity contribution >= 4 is 17.7 Å². The summed E-state index contributed by atoms with van der Waals surface area (Å²) in [6.45, 7) is 3.63. The van der Waals surface area contributed by atoms with Crippen molar-refractivity contribution in [3.8, 4) is 11.5 Å². The highest BCUT2D eigenvalue weighted by Gasteiger charge is 2.20. The smallest absolute Gasteiger partial charge is 0.277 e. The number of furan rings is 1. The largest absolute Gasteiger partial charge is 0.469 e. The summed E-state index contributed by atoms with van der Waals surface area (Å²) in [4.78, 5) is 13.3. The van der Waals surface area contributed by atoms with E-state index in [1.54, 1.807) is 33.3 Å². The molecule has 0 saturated heterocycles. The van der Waals surface area contributed by atoms with Crippen LogP contribution in [0.15, 0.2) is 26.4 Å². The summed E-state index contributed by atoms with van der Waals surface area (Å²) in [6.07, 6.45) is 1.57. The molecule has 2 heterocycles. The number of hydrogen-bond acceptors (Lipinski definition) is 6. The number of aryl methyl sites for hydroxylation is 1. The molecule has 0 aliphatic rings. The van der Waals surface area contributed by atoms with Gasteiger partial charge in [0.15, 0.2) is 0 Å². The summed E-state index contributed by atoms with van der Waals surface area (Å²) in [5.74, 6) is 1.13. The van der Waals surface area contributed by atoms with Crippen molar-refractivity contribution in [3.63, 3.8) is 0 Å².